The van der Waals surface area contributed by atoms with Crippen molar-refractivity contribution in [3.8, 4) is 0 Å². The maximum Gasteiger partial charge on any atom is 0.410 e. The summed E-state index contributed by atoms with van der Waals surface area (Å²) in [6, 6.07) is 0.366. The van der Waals surface area contributed by atoms with Gasteiger partial charge in [-0.1, -0.05) is 33.1 Å². The monoisotopic (exact) mass is 256 g/mol. The first-order chi connectivity index (χ1) is 8.65. The van der Waals surface area contributed by atoms with Crippen LogP contribution in [0.15, 0.2) is 0 Å². The van der Waals surface area contributed by atoms with Gasteiger partial charge in [0.25, 0.3) is 0 Å². The van der Waals surface area contributed by atoms with Crippen LogP contribution in [0.3, 0.4) is 0 Å². The van der Waals surface area contributed by atoms with E-state index in [4.69, 9.17) is 10.5 Å². The van der Waals surface area contributed by atoms with Gasteiger partial charge >= 0.3 is 6.09 Å². The molecule has 1 aliphatic carbocycles. The predicted octanol–water partition coefficient (Wildman–Crippen LogP) is 2.76. The summed E-state index contributed by atoms with van der Waals surface area (Å²) in [5, 5.41) is 0. The van der Waals surface area contributed by atoms with Gasteiger partial charge in [0.1, 0.15) is 0 Å². The number of nitrogens with zero attached hydrogens (tertiary/aromatic N) is 1. The molecule has 0 bridgehead atoms. The van der Waals surface area contributed by atoms with E-state index in [1.807, 2.05) is 4.90 Å². The molecule has 0 aliphatic heterocycles. The molecule has 1 amide bonds. The molecule has 1 aliphatic rings. The number of rotatable bonds is 6. The summed E-state index contributed by atoms with van der Waals surface area (Å²) in [6.07, 6.45) is 6.67. The summed E-state index contributed by atoms with van der Waals surface area (Å²) in [5.74, 6) is 0.386. The second-order valence-corrected chi connectivity index (χ2v) is 5.60. The van der Waals surface area contributed by atoms with Crippen LogP contribution >= 0.6 is 0 Å². The van der Waals surface area contributed by atoms with Crippen molar-refractivity contribution in [1.29, 1.82) is 0 Å². The largest absolute Gasteiger partial charge is 0.449 e. The van der Waals surface area contributed by atoms with Crippen LogP contribution in [0.25, 0.3) is 0 Å². The lowest BCUT2D eigenvalue weighted by atomic mass is 9.94. The second-order valence-electron chi connectivity index (χ2n) is 5.60. The second kappa shape index (κ2) is 8.35. The van der Waals surface area contributed by atoms with Crippen molar-refractivity contribution in [2.75, 3.05) is 19.7 Å². The van der Waals surface area contributed by atoms with Crippen LogP contribution < -0.4 is 5.73 Å². The van der Waals surface area contributed by atoms with Gasteiger partial charge in [0.2, 0.25) is 0 Å². The summed E-state index contributed by atoms with van der Waals surface area (Å²) < 4.78 is 5.36. The molecule has 106 valence electrons. The Kier molecular flexibility index (Phi) is 7.09. The van der Waals surface area contributed by atoms with Crippen LogP contribution in [0.2, 0.25) is 0 Å². The third kappa shape index (κ3) is 5.25. The van der Waals surface area contributed by atoms with Crippen molar-refractivity contribution in [1.82, 2.24) is 4.90 Å². The van der Waals surface area contributed by atoms with Crippen LogP contribution in [-0.2, 0) is 4.74 Å². The fraction of sp³-hybridized carbons (Fsp3) is 0.929. The van der Waals surface area contributed by atoms with Gasteiger partial charge in [0.05, 0.1) is 6.61 Å². The third-order valence-electron chi connectivity index (χ3n) is 3.39. The lowest BCUT2D eigenvalue weighted by molar-refractivity contribution is 0.0688. The molecule has 0 aromatic rings. The fourth-order valence-electron chi connectivity index (χ4n) is 2.40. The molecule has 0 saturated heterocycles. The van der Waals surface area contributed by atoms with Crippen molar-refractivity contribution >= 4 is 6.09 Å². The molecular formula is C14H28N2O2. The Morgan fingerprint density at radius 2 is 2.00 bits per heavy atom. The molecule has 0 aromatic carbocycles. The summed E-state index contributed by atoms with van der Waals surface area (Å²) in [4.78, 5) is 14.0. The molecule has 4 heteroatoms. The molecule has 0 atom stereocenters. The molecule has 0 aromatic heterocycles. The van der Waals surface area contributed by atoms with E-state index in [0.29, 0.717) is 25.1 Å². The number of carbonyl (C=O) groups is 1. The molecule has 4 nitrogen and oxygen atoms in total. The quantitative estimate of drug-likeness (QED) is 0.795. The minimum atomic E-state index is -0.149. The van der Waals surface area contributed by atoms with E-state index in [9.17, 15) is 4.79 Å². The first kappa shape index (κ1) is 15.3. The zero-order valence-corrected chi connectivity index (χ0v) is 11.9. The molecule has 18 heavy (non-hydrogen) atoms. The standard InChI is InChI=1S/C14H28N2O2/c1-12(2)11-18-14(17)16(10-6-9-15)13-7-4-3-5-8-13/h12-13H,3-11,15H2,1-2H3. The van der Waals surface area contributed by atoms with Gasteiger partial charge in [-0.2, -0.15) is 0 Å². The van der Waals surface area contributed by atoms with Gasteiger partial charge in [-0.3, -0.25) is 0 Å². The van der Waals surface area contributed by atoms with E-state index in [0.717, 1.165) is 25.8 Å². The highest BCUT2D eigenvalue weighted by Crippen LogP contribution is 2.23. The average Bonchev–Trinajstić information content (AvgIpc) is 2.38. The van der Waals surface area contributed by atoms with Crippen molar-refractivity contribution in [3.63, 3.8) is 0 Å². The summed E-state index contributed by atoms with van der Waals surface area (Å²) in [6.45, 7) is 5.97. The number of hydrogen-bond acceptors (Lipinski definition) is 3. The smallest absolute Gasteiger partial charge is 0.410 e. The Balaban J connectivity index is 2.49. The van der Waals surface area contributed by atoms with E-state index < -0.39 is 0 Å². The highest BCUT2D eigenvalue weighted by Gasteiger charge is 2.26. The number of carbonyl (C=O) groups excluding carboxylic acids is 1. The Bertz CT molecular complexity index is 238. The normalized spacial score (nSPS) is 16.9. The van der Waals surface area contributed by atoms with Crippen molar-refractivity contribution < 1.29 is 9.53 Å². The van der Waals surface area contributed by atoms with Crippen LogP contribution in [0.1, 0.15) is 52.4 Å². The molecule has 0 heterocycles. The van der Waals surface area contributed by atoms with Gasteiger partial charge in [0, 0.05) is 12.6 Å². The van der Waals surface area contributed by atoms with Crippen molar-refractivity contribution in [2.45, 2.75) is 58.4 Å². The summed E-state index contributed by atoms with van der Waals surface area (Å²) >= 11 is 0. The Hall–Kier alpha value is -0.770. The number of amides is 1. The number of nitrogens with two attached hydrogens (primary N) is 1. The molecule has 0 unspecified atom stereocenters. The first-order valence-electron chi connectivity index (χ1n) is 7.28. The van der Waals surface area contributed by atoms with E-state index >= 15 is 0 Å². The minimum absolute atomic E-state index is 0.149. The van der Waals surface area contributed by atoms with Gasteiger partial charge in [-0.05, 0) is 31.7 Å². The third-order valence-corrected chi connectivity index (χ3v) is 3.39. The topological polar surface area (TPSA) is 55.6 Å². The van der Waals surface area contributed by atoms with Crippen LogP contribution in [-0.4, -0.2) is 36.7 Å². The molecule has 1 rings (SSSR count). The van der Waals surface area contributed by atoms with Crippen molar-refractivity contribution in [2.24, 2.45) is 11.7 Å². The molecule has 1 saturated carbocycles. The Morgan fingerprint density at radius 3 is 2.56 bits per heavy atom. The van der Waals surface area contributed by atoms with Crippen LogP contribution in [0.5, 0.6) is 0 Å². The van der Waals surface area contributed by atoms with Crippen LogP contribution in [0, 0.1) is 5.92 Å². The minimum Gasteiger partial charge on any atom is -0.449 e. The molecule has 2 N–H and O–H groups in total. The van der Waals surface area contributed by atoms with Crippen molar-refractivity contribution in [3.05, 3.63) is 0 Å². The zero-order valence-electron chi connectivity index (χ0n) is 11.9. The zero-order chi connectivity index (χ0) is 13.4. The highest BCUT2D eigenvalue weighted by molar-refractivity contribution is 5.68. The maximum atomic E-state index is 12.1. The van der Waals surface area contributed by atoms with E-state index in [1.54, 1.807) is 0 Å². The predicted molar refractivity (Wildman–Crippen MR) is 73.4 cm³/mol. The maximum absolute atomic E-state index is 12.1. The molecule has 0 spiro atoms. The van der Waals surface area contributed by atoms with E-state index in [-0.39, 0.29) is 6.09 Å². The van der Waals surface area contributed by atoms with Gasteiger partial charge in [-0.15, -0.1) is 0 Å². The number of hydrogen-bond donors (Lipinski definition) is 1. The Labute approximate surface area is 111 Å². The lowest BCUT2D eigenvalue weighted by Gasteiger charge is -2.33. The Morgan fingerprint density at radius 1 is 1.33 bits per heavy atom. The average molecular weight is 256 g/mol. The van der Waals surface area contributed by atoms with Gasteiger partial charge in [0.15, 0.2) is 0 Å². The van der Waals surface area contributed by atoms with E-state index in [1.165, 1.54) is 19.3 Å². The SMILES string of the molecule is CC(C)COC(=O)N(CCCN)C1CCCCC1. The van der Waals surface area contributed by atoms with Gasteiger partial charge in [-0.25, -0.2) is 4.79 Å². The molecule has 0 radical (unpaired) electrons. The van der Waals surface area contributed by atoms with E-state index in [2.05, 4.69) is 13.8 Å². The first-order valence-corrected chi connectivity index (χ1v) is 7.28. The number of ether oxygens (including phenoxy) is 1. The lowest BCUT2D eigenvalue weighted by Crippen LogP contribution is -2.43. The van der Waals surface area contributed by atoms with Crippen LogP contribution in [0.4, 0.5) is 4.79 Å². The fourth-order valence-corrected chi connectivity index (χ4v) is 2.40. The molecular weight excluding hydrogens is 228 g/mol. The highest BCUT2D eigenvalue weighted by atomic mass is 16.6. The summed E-state index contributed by atoms with van der Waals surface area (Å²) in [7, 11) is 0. The molecule has 1 fully saturated rings. The summed E-state index contributed by atoms with van der Waals surface area (Å²) in [5.41, 5.74) is 5.55. The van der Waals surface area contributed by atoms with Gasteiger partial charge < -0.3 is 15.4 Å².